The van der Waals surface area contributed by atoms with Gasteiger partial charge in [-0.2, -0.15) is 5.26 Å². The Morgan fingerprint density at radius 1 is 1.30 bits per heavy atom. The van der Waals surface area contributed by atoms with Crippen LogP contribution in [0.1, 0.15) is 32.3 Å². The normalized spacial score (nSPS) is 11.7. The summed E-state index contributed by atoms with van der Waals surface area (Å²) in [5, 5.41) is 21.2. The molecule has 0 saturated carbocycles. The average molecular weight is 310 g/mol. The van der Waals surface area contributed by atoms with Gasteiger partial charge in [0.1, 0.15) is 18.0 Å². The molecule has 0 bridgehead atoms. The van der Waals surface area contributed by atoms with Crippen molar-refractivity contribution in [2.75, 3.05) is 0 Å². The van der Waals surface area contributed by atoms with E-state index in [4.69, 9.17) is 5.26 Å². The Morgan fingerprint density at radius 2 is 2.13 bits per heavy atom. The van der Waals surface area contributed by atoms with Crippen LogP contribution in [0, 0.1) is 16.7 Å². The molecular formula is C15H18N8. The molecule has 0 atom stereocenters. The van der Waals surface area contributed by atoms with Crippen LogP contribution < -0.4 is 0 Å². The van der Waals surface area contributed by atoms with Crippen LogP contribution in [0.2, 0.25) is 0 Å². The number of hydrogen-bond donors (Lipinski definition) is 0. The first-order valence-electron chi connectivity index (χ1n) is 7.42. The number of nitriles is 1. The molecule has 23 heavy (non-hydrogen) atoms. The van der Waals surface area contributed by atoms with E-state index >= 15 is 0 Å². The van der Waals surface area contributed by atoms with Gasteiger partial charge in [-0.1, -0.05) is 20.8 Å². The SMILES string of the molecule is CC(C)(C)Cn1c(CCn2cnnn2)cc2cnc(C#N)nc21. The fourth-order valence-corrected chi connectivity index (χ4v) is 2.52. The predicted molar refractivity (Wildman–Crippen MR) is 83.2 cm³/mol. The lowest BCUT2D eigenvalue weighted by atomic mass is 9.97. The molecule has 3 rings (SSSR count). The lowest BCUT2D eigenvalue weighted by molar-refractivity contribution is 0.342. The Morgan fingerprint density at radius 3 is 2.78 bits per heavy atom. The van der Waals surface area contributed by atoms with Crippen molar-refractivity contribution in [3.63, 3.8) is 0 Å². The summed E-state index contributed by atoms with van der Waals surface area (Å²) in [6, 6.07) is 4.08. The molecule has 0 radical (unpaired) electrons. The van der Waals surface area contributed by atoms with Gasteiger partial charge < -0.3 is 4.57 Å². The van der Waals surface area contributed by atoms with Gasteiger partial charge in [-0.25, -0.2) is 14.6 Å². The molecule has 0 spiro atoms. The van der Waals surface area contributed by atoms with E-state index in [0.29, 0.717) is 6.54 Å². The summed E-state index contributed by atoms with van der Waals surface area (Å²) < 4.78 is 3.87. The van der Waals surface area contributed by atoms with Gasteiger partial charge in [0.15, 0.2) is 0 Å². The Balaban J connectivity index is 2.01. The second kappa shape index (κ2) is 5.76. The van der Waals surface area contributed by atoms with Gasteiger partial charge in [-0.05, 0) is 21.9 Å². The Hall–Kier alpha value is -2.82. The third-order valence-electron chi connectivity index (χ3n) is 3.44. The molecule has 0 saturated heterocycles. The third-order valence-corrected chi connectivity index (χ3v) is 3.44. The number of tetrazole rings is 1. The Bertz CT molecular complexity index is 848. The molecule has 118 valence electrons. The van der Waals surface area contributed by atoms with Crippen LogP contribution in [-0.4, -0.2) is 34.7 Å². The monoisotopic (exact) mass is 310 g/mol. The lowest BCUT2D eigenvalue weighted by Crippen LogP contribution is -2.18. The van der Waals surface area contributed by atoms with E-state index in [1.54, 1.807) is 17.2 Å². The molecule has 8 heteroatoms. The first kappa shape index (κ1) is 15.1. The van der Waals surface area contributed by atoms with E-state index in [1.165, 1.54) is 0 Å². The largest absolute Gasteiger partial charge is 0.329 e. The third kappa shape index (κ3) is 3.34. The van der Waals surface area contributed by atoms with Crippen LogP contribution in [0.4, 0.5) is 0 Å². The molecule has 0 aliphatic heterocycles. The maximum absolute atomic E-state index is 9.05. The van der Waals surface area contributed by atoms with Gasteiger partial charge in [0.25, 0.3) is 0 Å². The first-order chi connectivity index (χ1) is 11.0. The van der Waals surface area contributed by atoms with Crippen LogP contribution in [0.3, 0.4) is 0 Å². The minimum atomic E-state index is 0.0905. The number of rotatable bonds is 4. The zero-order valence-electron chi connectivity index (χ0n) is 13.4. The van der Waals surface area contributed by atoms with Gasteiger partial charge in [-0.15, -0.1) is 5.10 Å². The topological polar surface area (TPSA) is 98.1 Å². The molecule has 0 N–H and O–H groups in total. The minimum Gasteiger partial charge on any atom is -0.329 e. The average Bonchev–Trinajstić information content (AvgIpc) is 3.12. The molecule has 3 aromatic rings. The number of nitrogens with zero attached hydrogens (tertiary/aromatic N) is 8. The molecule has 0 aliphatic rings. The zero-order valence-corrected chi connectivity index (χ0v) is 13.4. The molecular weight excluding hydrogens is 292 g/mol. The maximum Gasteiger partial charge on any atom is 0.234 e. The van der Waals surface area contributed by atoms with Gasteiger partial charge in [-0.3, -0.25) is 0 Å². The summed E-state index contributed by atoms with van der Waals surface area (Å²) in [4.78, 5) is 8.45. The van der Waals surface area contributed by atoms with Crippen LogP contribution in [0.25, 0.3) is 11.0 Å². The van der Waals surface area contributed by atoms with Crippen molar-refractivity contribution in [3.8, 4) is 6.07 Å². The number of fused-ring (bicyclic) bond motifs is 1. The fraction of sp³-hybridized carbons (Fsp3) is 0.467. The van der Waals surface area contributed by atoms with Crippen molar-refractivity contribution in [1.82, 2.24) is 34.7 Å². The van der Waals surface area contributed by atoms with Crippen molar-refractivity contribution in [1.29, 1.82) is 5.26 Å². The summed E-state index contributed by atoms with van der Waals surface area (Å²) >= 11 is 0. The second-order valence-corrected chi connectivity index (χ2v) is 6.69. The van der Waals surface area contributed by atoms with Crippen LogP contribution in [-0.2, 0) is 19.5 Å². The highest BCUT2D eigenvalue weighted by Gasteiger charge is 2.18. The highest BCUT2D eigenvalue weighted by Crippen LogP contribution is 2.24. The Kier molecular flexibility index (Phi) is 3.78. The number of aromatic nitrogens is 7. The Labute approximate surface area is 133 Å². The standard InChI is InChI=1S/C15H18N8/c1-15(2,3)9-23-12(4-5-22-10-18-20-21-22)6-11-8-17-13(7-16)19-14(11)23/h6,8,10H,4-5,9H2,1-3H3. The van der Waals surface area contributed by atoms with Crippen molar-refractivity contribution in [3.05, 3.63) is 30.1 Å². The summed E-state index contributed by atoms with van der Waals surface area (Å²) in [6.45, 7) is 8.03. The summed E-state index contributed by atoms with van der Waals surface area (Å²) in [5.41, 5.74) is 2.03. The quantitative estimate of drug-likeness (QED) is 0.725. The van der Waals surface area contributed by atoms with Crippen molar-refractivity contribution in [2.45, 2.75) is 40.3 Å². The zero-order chi connectivity index (χ0) is 16.4. The molecule has 0 fully saturated rings. The van der Waals surface area contributed by atoms with E-state index in [9.17, 15) is 0 Å². The summed E-state index contributed by atoms with van der Waals surface area (Å²) in [7, 11) is 0. The van der Waals surface area contributed by atoms with Gasteiger partial charge in [0.05, 0.1) is 0 Å². The van der Waals surface area contributed by atoms with Gasteiger partial charge in [0.2, 0.25) is 5.82 Å². The van der Waals surface area contributed by atoms with Crippen LogP contribution in [0.5, 0.6) is 0 Å². The van der Waals surface area contributed by atoms with E-state index in [1.807, 2.05) is 6.07 Å². The molecule has 0 unspecified atom stereocenters. The fourth-order valence-electron chi connectivity index (χ4n) is 2.52. The van der Waals surface area contributed by atoms with Crippen LogP contribution in [0.15, 0.2) is 18.6 Å². The second-order valence-electron chi connectivity index (χ2n) is 6.69. The highest BCUT2D eigenvalue weighted by atomic mass is 15.5. The minimum absolute atomic E-state index is 0.0905. The van der Waals surface area contributed by atoms with Crippen molar-refractivity contribution >= 4 is 11.0 Å². The van der Waals surface area contributed by atoms with Gasteiger partial charge >= 0.3 is 0 Å². The molecule has 0 aliphatic carbocycles. The molecule has 0 amide bonds. The van der Waals surface area contributed by atoms with E-state index < -0.39 is 0 Å². The highest BCUT2D eigenvalue weighted by molar-refractivity contribution is 5.77. The first-order valence-corrected chi connectivity index (χ1v) is 7.42. The smallest absolute Gasteiger partial charge is 0.234 e. The molecule has 0 aromatic carbocycles. The predicted octanol–water partition coefficient (Wildman–Crippen LogP) is 1.58. The molecule has 3 heterocycles. The lowest BCUT2D eigenvalue weighted by Gasteiger charge is -2.21. The van der Waals surface area contributed by atoms with Crippen LogP contribution >= 0.6 is 0 Å². The maximum atomic E-state index is 9.05. The summed E-state index contributed by atoms with van der Waals surface area (Å²) in [5.74, 6) is 0.192. The molecule has 3 aromatic heterocycles. The van der Waals surface area contributed by atoms with E-state index in [2.05, 4.69) is 56.9 Å². The van der Waals surface area contributed by atoms with E-state index in [-0.39, 0.29) is 11.2 Å². The number of aryl methyl sites for hydroxylation is 2. The van der Waals surface area contributed by atoms with E-state index in [0.717, 1.165) is 29.7 Å². The van der Waals surface area contributed by atoms with Gasteiger partial charge in [0, 0.05) is 36.8 Å². The molecule has 8 nitrogen and oxygen atoms in total. The van der Waals surface area contributed by atoms with Crippen molar-refractivity contribution in [2.24, 2.45) is 5.41 Å². The summed E-state index contributed by atoms with van der Waals surface area (Å²) in [6.07, 6.45) is 4.09. The van der Waals surface area contributed by atoms with Crippen molar-refractivity contribution < 1.29 is 0 Å². The number of hydrogen-bond acceptors (Lipinski definition) is 6.